The third kappa shape index (κ3) is 3.16. The molecule has 0 aromatic carbocycles. The molecule has 2 fully saturated rings. The average molecular weight is 291 g/mol. The van der Waals surface area contributed by atoms with Crippen molar-refractivity contribution in [2.75, 3.05) is 13.1 Å². The Kier molecular flexibility index (Phi) is 4.07. The minimum Gasteiger partial charge on any atom is -0.392 e. The number of nitrogens with zero attached hydrogens (tertiary/aromatic N) is 1. The van der Waals surface area contributed by atoms with E-state index in [4.69, 9.17) is 0 Å². The fraction of sp³-hybridized carbons (Fsp3) is 0.600. The summed E-state index contributed by atoms with van der Waals surface area (Å²) in [7, 11) is 0. The zero-order chi connectivity index (χ0) is 14.8. The summed E-state index contributed by atoms with van der Waals surface area (Å²) >= 11 is 0. The van der Waals surface area contributed by atoms with Crippen molar-refractivity contribution in [1.29, 1.82) is 0 Å². The Morgan fingerprint density at radius 2 is 2.24 bits per heavy atom. The lowest BCUT2D eigenvalue weighted by Crippen LogP contribution is -2.48. The number of aliphatic hydroxyl groups is 1. The van der Waals surface area contributed by atoms with E-state index in [2.05, 4.69) is 15.2 Å². The van der Waals surface area contributed by atoms with Crippen LogP contribution in [-0.2, 0) is 0 Å². The number of β-amino-alcohol motifs (C(OH)–C–C–N with tert-alkyl or cyclic N) is 1. The summed E-state index contributed by atoms with van der Waals surface area (Å²) in [5.41, 5.74) is 0.124. The van der Waals surface area contributed by atoms with Gasteiger partial charge in [-0.2, -0.15) is 0 Å². The van der Waals surface area contributed by atoms with Gasteiger partial charge in [0.05, 0.1) is 6.10 Å². The molecule has 6 nitrogen and oxygen atoms in total. The third-order valence-electron chi connectivity index (χ3n) is 4.50. The zero-order valence-electron chi connectivity index (χ0n) is 11.9. The minimum atomic E-state index is -0.270. The summed E-state index contributed by atoms with van der Waals surface area (Å²) in [6.45, 7) is 1.59. The number of pyridine rings is 1. The minimum absolute atomic E-state index is 0.0992. The highest BCUT2D eigenvalue weighted by atomic mass is 16.3. The van der Waals surface area contributed by atoms with E-state index in [9.17, 15) is 14.7 Å². The highest BCUT2D eigenvalue weighted by Crippen LogP contribution is 2.27. The lowest BCUT2D eigenvalue weighted by Gasteiger charge is -2.29. The van der Waals surface area contributed by atoms with Crippen LogP contribution in [0.25, 0.3) is 0 Å². The van der Waals surface area contributed by atoms with Crippen LogP contribution in [0.2, 0.25) is 0 Å². The van der Waals surface area contributed by atoms with Gasteiger partial charge in [0.25, 0.3) is 5.91 Å². The first-order valence-corrected chi connectivity index (χ1v) is 7.55. The second-order valence-corrected chi connectivity index (χ2v) is 5.96. The van der Waals surface area contributed by atoms with Gasteiger partial charge in [0.1, 0.15) is 0 Å². The molecule has 0 bridgehead atoms. The van der Waals surface area contributed by atoms with E-state index in [0.717, 1.165) is 32.2 Å². The molecule has 1 aromatic heterocycles. The van der Waals surface area contributed by atoms with Crippen LogP contribution in [-0.4, -0.2) is 52.2 Å². The number of likely N-dealkylation sites (tertiary alicyclic amines) is 1. The Morgan fingerprint density at radius 1 is 1.38 bits per heavy atom. The quantitative estimate of drug-likeness (QED) is 0.737. The molecule has 114 valence electrons. The Morgan fingerprint density at radius 3 is 2.95 bits per heavy atom. The predicted octanol–water partition coefficient (Wildman–Crippen LogP) is 0.0924. The Labute approximate surface area is 123 Å². The van der Waals surface area contributed by atoms with Crippen LogP contribution in [0, 0.1) is 0 Å². The van der Waals surface area contributed by atoms with Crippen molar-refractivity contribution in [3.05, 3.63) is 34.2 Å². The van der Waals surface area contributed by atoms with E-state index in [1.807, 2.05) is 0 Å². The summed E-state index contributed by atoms with van der Waals surface area (Å²) in [5, 5.41) is 12.7. The zero-order valence-corrected chi connectivity index (χ0v) is 11.9. The first kappa shape index (κ1) is 14.3. The number of hydrogen-bond acceptors (Lipinski definition) is 4. The van der Waals surface area contributed by atoms with Crippen molar-refractivity contribution in [2.24, 2.45) is 0 Å². The highest BCUT2D eigenvalue weighted by Gasteiger charge is 2.36. The number of aliphatic hydroxyl groups excluding tert-OH is 1. The van der Waals surface area contributed by atoms with Gasteiger partial charge >= 0.3 is 0 Å². The molecule has 3 N–H and O–H groups in total. The van der Waals surface area contributed by atoms with Crippen molar-refractivity contribution < 1.29 is 9.90 Å². The van der Waals surface area contributed by atoms with Gasteiger partial charge in [0.15, 0.2) is 0 Å². The van der Waals surface area contributed by atoms with E-state index in [0.29, 0.717) is 18.2 Å². The molecular weight excluding hydrogens is 270 g/mol. The van der Waals surface area contributed by atoms with Crippen LogP contribution < -0.4 is 10.9 Å². The summed E-state index contributed by atoms with van der Waals surface area (Å²) < 4.78 is 0. The van der Waals surface area contributed by atoms with E-state index in [-0.39, 0.29) is 23.6 Å². The van der Waals surface area contributed by atoms with Gasteiger partial charge < -0.3 is 15.4 Å². The highest BCUT2D eigenvalue weighted by molar-refractivity contribution is 5.94. The summed E-state index contributed by atoms with van der Waals surface area (Å²) in [4.78, 5) is 28.3. The van der Waals surface area contributed by atoms with Gasteiger partial charge in [-0.1, -0.05) is 0 Å². The van der Waals surface area contributed by atoms with Gasteiger partial charge in [-0.3, -0.25) is 14.5 Å². The smallest absolute Gasteiger partial charge is 0.251 e. The molecule has 1 aliphatic heterocycles. The first-order chi connectivity index (χ1) is 10.1. The van der Waals surface area contributed by atoms with Crippen LogP contribution >= 0.6 is 0 Å². The number of rotatable bonds is 3. The molecule has 3 atom stereocenters. The molecule has 1 saturated carbocycles. The summed E-state index contributed by atoms with van der Waals surface area (Å²) in [6, 6.07) is 3.33. The average Bonchev–Trinajstić information content (AvgIpc) is 3.07. The first-order valence-electron chi connectivity index (χ1n) is 7.55. The Balaban J connectivity index is 1.66. The molecule has 21 heavy (non-hydrogen) atoms. The maximum absolute atomic E-state index is 12.2. The standard InChI is InChI=1S/C15H21N3O3/c19-11-5-7-18(9-11)13-3-1-2-12(13)17-15(21)10-4-6-16-14(20)8-10/h4,6,8,11-13,19H,1-3,5,7,9H2,(H,16,20)(H,17,21)/t11?,12-,13+/m1/s1. The number of hydrogen-bond donors (Lipinski definition) is 3. The van der Waals surface area contributed by atoms with Crippen LogP contribution in [0.5, 0.6) is 0 Å². The number of H-pyrrole nitrogens is 1. The number of aromatic nitrogens is 1. The summed E-state index contributed by atoms with van der Waals surface area (Å²) in [5.74, 6) is -0.197. The van der Waals surface area contributed by atoms with Crippen LogP contribution in [0.1, 0.15) is 36.0 Å². The second kappa shape index (κ2) is 5.99. The third-order valence-corrected chi connectivity index (χ3v) is 4.50. The SMILES string of the molecule is O=C(N[C@@H]1CCC[C@@H]1N1CCC(O)C1)c1cc[nH]c(=O)c1. The van der Waals surface area contributed by atoms with Gasteiger partial charge in [-0.25, -0.2) is 0 Å². The van der Waals surface area contributed by atoms with Gasteiger partial charge in [0, 0.05) is 43.0 Å². The molecule has 3 rings (SSSR count). The molecule has 2 aliphatic rings. The molecule has 1 unspecified atom stereocenters. The molecule has 1 aromatic rings. The van der Waals surface area contributed by atoms with E-state index >= 15 is 0 Å². The monoisotopic (exact) mass is 291 g/mol. The Hall–Kier alpha value is -1.66. The lowest BCUT2D eigenvalue weighted by atomic mass is 10.1. The fourth-order valence-electron chi connectivity index (χ4n) is 3.45. The Bertz CT molecular complexity index is 571. The van der Waals surface area contributed by atoms with Gasteiger partial charge in [-0.05, 0) is 31.7 Å². The van der Waals surface area contributed by atoms with E-state index in [1.165, 1.54) is 12.3 Å². The number of nitrogens with one attached hydrogen (secondary N) is 2. The van der Waals surface area contributed by atoms with Crippen molar-refractivity contribution in [2.45, 2.75) is 43.9 Å². The second-order valence-electron chi connectivity index (χ2n) is 5.96. The predicted molar refractivity (Wildman–Crippen MR) is 78.2 cm³/mol. The molecule has 0 radical (unpaired) electrons. The summed E-state index contributed by atoms with van der Waals surface area (Å²) in [6.07, 6.45) is 5.14. The fourth-order valence-corrected chi connectivity index (χ4v) is 3.45. The number of carbonyl (C=O) groups excluding carboxylic acids is 1. The van der Waals surface area contributed by atoms with Gasteiger partial charge in [0.2, 0.25) is 5.56 Å². The van der Waals surface area contributed by atoms with E-state index in [1.54, 1.807) is 6.07 Å². The number of aromatic amines is 1. The molecule has 1 saturated heterocycles. The van der Waals surface area contributed by atoms with Crippen LogP contribution in [0.4, 0.5) is 0 Å². The molecule has 2 heterocycles. The van der Waals surface area contributed by atoms with Crippen LogP contribution in [0.3, 0.4) is 0 Å². The molecule has 6 heteroatoms. The number of amides is 1. The maximum Gasteiger partial charge on any atom is 0.251 e. The van der Waals surface area contributed by atoms with Crippen LogP contribution in [0.15, 0.2) is 23.1 Å². The van der Waals surface area contributed by atoms with Crippen molar-refractivity contribution in [3.8, 4) is 0 Å². The molecule has 0 spiro atoms. The van der Waals surface area contributed by atoms with Gasteiger partial charge in [-0.15, -0.1) is 0 Å². The lowest BCUT2D eigenvalue weighted by molar-refractivity contribution is 0.0905. The normalized spacial score (nSPS) is 29.7. The van der Waals surface area contributed by atoms with Crippen molar-refractivity contribution in [1.82, 2.24) is 15.2 Å². The largest absolute Gasteiger partial charge is 0.392 e. The number of carbonyl (C=O) groups is 1. The topological polar surface area (TPSA) is 85.4 Å². The maximum atomic E-state index is 12.2. The van der Waals surface area contributed by atoms with E-state index < -0.39 is 0 Å². The molecular formula is C15H21N3O3. The van der Waals surface area contributed by atoms with Crippen molar-refractivity contribution >= 4 is 5.91 Å². The molecule has 1 aliphatic carbocycles. The van der Waals surface area contributed by atoms with Crippen molar-refractivity contribution in [3.63, 3.8) is 0 Å². The molecule has 1 amide bonds.